The zero-order valence-corrected chi connectivity index (χ0v) is 12.7. The number of aromatic nitrogens is 3. The fourth-order valence-electron chi connectivity index (χ4n) is 1.58. The number of benzene rings is 1. The van der Waals surface area contributed by atoms with Gasteiger partial charge in [0.1, 0.15) is 0 Å². The van der Waals surface area contributed by atoms with Gasteiger partial charge in [0.2, 0.25) is 11.8 Å². The van der Waals surface area contributed by atoms with Gasteiger partial charge in [-0.05, 0) is 46.3 Å². The lowest BCUT2D eigenvalue weighted by Crippen LogP contribution is -1.80. The third-order valence-corrected chi connectivity index (χ3v) is 3.43. The topological polar surface area (TPSA) is 51.8 Å². The molecule has 0 bridgehead atoms. The van der Waals surface area contributed by atoms with Crippen LogP contribution in [-0.2, 0) is 0 Å². The highest BCUT2D eigenvalue weighted by molar-refractivity contribution is 9.10. The molecule has 0 N–H and O–H groups in total. The van der Waals surface area contributed by atoms with Crippen LogP contribution in [0.4, 0.5) is 0 Å². The van der Waals surface area contributed by atoms with E-state index in [-0.39, 0.29) is 0 Å². The predicted octanol–water partition coefficient (Wildman–Crippen LogP) is 4.32. The number of halogens is 2. The lowest BCUT2D eigenvalue weighted by atomic mass is 10.2. The Hall–Kier alpha value is -1.53. The summed E-state index contributed by atoms with van der Waals surface area (Å²) in [6.07, 6.45) is 3.39. The quantitative estimate of drug-likeness (QED) is 0.664. The summed E-state index contributed by atoms with van der Waals surface area (Å²) < 4.78 is 7.53. The van der Waals surface area contributed by atoms with Crippen LogP contribution in [0.25, 0.3) is 22.9 Å². The first-order valence-corrected chi connectivity index (χ1v) is 7.01. The molecule has 0 saturated heterocycles. The number of hydrogen-bond donors (Lipinski definition) is 0. The van der Waals surface area contributed by atoms with Crippen molar-refractivity contribution in [3.05, 3.63) is 51.7 Å². The van der Waals surface area contributed by atoms with Crippen LogP contribution in [0.5, 0.6) is 0 Å². The van der Waals surface area contributed by atoms with Crippen LogP contribution in [0.3, 0.4) is 0 Å². The Balaban J connectivity index is 1.97. The third-order valence-electron chi connectivity index (χ3n) is 2.47. The Morgan fingerprint density at radius 2 is 1.47 bits per heavy atom. The van der Waals surface area contributed by atoms with E-state index in [1.165, 1.54) is 0 Å². The maximum absolute atomic E-state index is 5.65. The van der Waals surface area contributed by atoms with Gasteiger partial charge in [0.25, 0.3) is 0 Å². The highest BCUT2D eigenvalue weighted by atomic mass is 79.9. The molecule has 0 fully saturated rings. The van der Waals surface area contributed by atoms with E-state index >= 15 is 0 Å². The fraction of sp³-hybridized carbons (Fsp3) is 0. The van der Waals surface area contributed by atoms with Crippen molar-refractivity contribution < 1.29 is 4.42 Å². The van der Waals surface area contributed by atoms with Crippen LogP contribution in [0.1, 0.15) is 0 Å². The van der Waals surface area contributed by atoms with Crippen molar-refractivity contribution in [1.29, 1.82) is 0 Å². The highest BCUT2D eigenvalue weighted by Gasteiger charge is 2.10. The minimum atomic E-state index is 0.451. The molecule has 0 aliphatic heterocycles. The molecule has 2 aromatic heterocycles. The zero-order chi connectivity index (χ0) is 13.2. The highest BCUT2D eigenvalue weighted by Crippen LogP contribution is 2.25. The summed E-state index contributed by atoms with van der Waals surface area (Å²) in [5.74, 6) is 0.939. The SMILES string of the molecule is Brc1ccc(-c2nnc(-c3cncc(Br)c3)o2)cc1. The van der Waals surface area contributed by atoms with Gasteiger partial charge >= 0.3 is 0 Å². The second kappa shape index (κ2) is 5.22. The van der Waals surface area contributed by atoms with Gasteiger partial charge in [0.15, 0.2) is 0 Å². The van der Waals surface area contributed by atoms with Crippen LogP contribution in [0, 0.1) is 0 Å². The van der Waals surface area contributed by atoms with Crippen LogP contribution in [0.2, 0.25) is 0 Å². The molecule has 3 rings (SSSR count). The summed E-state index contributed by atoms with van der Waals surface area (Å²) in [7, 11) is 0. The maximum atomic E-state index is 5.65. The van der Waals surface area contributed by atoms with Crippen molar-refractivity contribution in [1.82, 2.24) is 15.2 Å². The first-order valence-electron chi connectivity index (χ1n) is 5.43. The molecular weight excluding hydrogens is 374 g/mol. The molecule has 0 amide bonds. The smallest absolute Gasteiger partial charge is 0.249 e. The number of pyridine rings is 1. The zero-order valence-electron chi connectivity index (χ0n) is 9.55. The minimum absolute atomic E-state index is 0.451. The molecule has 1 aromatic carbocycles. The van der Waals surface area contributed by atoms with Crippen molar-refractivity contribution in [2.24, 2.45) is 0 Å². The maximum Gasteiger partial charge on any atom is 0.249 e. The van der Waals surface area contributed by atoms with E-state index in [0.29, 0.717) is 11.8 Å². The summed E-state index contributed by atoms with van der Waals surface area (Å²) in [6.45, 7) is 0. The molecule has 19 heavy (non-hydrogen) atoms. The van der Waals surface area contributed by atoms with E-state index in [4.69, 9.17) is 4.42 Å². The van der Waals surface area contributed by atoms with Crippen molar-refractivity contribution in [3.63, 3.8) is 0 Å². The Morgan fingerprint density at radius 1 is 0.789 bits per heavy atom. The molecule has 0 spiro atoms. The molecule has 0 aliphatic rings. The van der Waals surface area contributed by atoms with E-state index in [1.807, 2.05) is 30.3 Å². The Labute approximate surface area is 126 Å². The molecule has 6 heteroatoms. The van der Waals surface area contributed by atoms with Crippen molar-refractivity contribution in [2.75, 3.05) is 0 Å². The molecule has 4 nitrogen and oxygen atoms in total. The summed E-state index contributed by atoms with van der Waals surface area (Å²) in [6, 6.07) is 9.58. The molecule has 0 unspecified atom stereocenters. The average Bonchev–Trinajstić information content (AvgIpc) is 2.89. The van der Waals surface area contributed by atoms with Gasteiger partial charge in [-0.3, -0.25) is 4.98 Å². The Bertz CT molecular complexity index is 710. The van der Waals surface area contributed by atoms with Crippen LogP contribution >= 0.6 is 31.9 Å². The van der Waals surface area contributed by atoms with E-state index in [2.05, 4.69) is 47.0 Å². The van der Waals surface area contributed by atoms with Gasteiger partial charge in [-0.2, -0.15) is 0 Å². The number of hydrogen-bond acceptors (Lipinski definition) is 4. The van der Waals surface area contributed by atoms with E-state index in [9.17, 15) is 0 Å². The summed E-state index contributed by atoms with van der Waals surface area (Å²) in [5, 5.41) is 8.08. The Morgan fingerprint density at radius 3 is 2.16 bits per heavy atom. The summed E-state index contributed by atoms with van der Waals surface area (Å²) >= 11 is 6.75. The molecule has 3 aromatic rings. The molecule has 0 atom stereocenters. The van der Waals surface area contributed by atoms with Gasteiger partial charge in [-0.25, -0.2) is 0 Å². The molecule has 0 radical (unpaired) electrons. The first kappa shape index (κ1) is 12.5. The lowest BCUT2D eigenvalue weighted by Gasteiger charge is -1.96. The van der Waals surface area contributed by atoms with E-state index in [0.717, 1.165) is 20.1 Å². The van der Waals surface area contributed by atoms with Gasteiger partial charge in [0, 0.05) is 26.9 Å². The molecular formula is C13H7Br2N3O. The van der Waals surface area contributed by atoms with Crippen molar-refractivity contribution >= 4 is 31.9 Å². The molecule has 2 heterocycles. The van der Waals surface area contributed by atoms with E-state index < -0.39 is 0 Å². The molecule has 94 valence electrons. The monoisotopic (exact) mass is 379 g/mol. The van der Waals surface area contributed by atoms with Gasteiger partial charge < -0.3 is 4.42 Å². The second-order valence-electron chi connectivity index (χ2n) is 3.81. The predicted molar refractivity (Wildman–Crippen MR) is 78.4 cm³/mol. The van der Waals surface area contributed by atoms with Crippen LogP contribution < -0.4 is 0 Å². The second-order valence-corrected chi connectivity index (χ2v) is 5.64. The van der Waals surface area contributed by atoms with Crippen molar-refractivity contribution in [2.45, 2.75) is 0 Å². The largest absolute Gasteiger partial charge is 0.416 e. The average molecular weight is 381 g/mol. The lowest BCUT2D eigenvalue weighted by molar-refractivity contribution is 0.584. The van der Waals surface area contributed by atoms with Gasteiger partial charge in [-0.15, -0.1) is 10.2 Å². The van der Waals surface area contributed by atoms with Gasteiger partial charge in [-0.1, -0.05) is 15.9 Å². The fourth-order valence-corrected chi connectivity index (χ4v) is 2.21. The summed E-state index contributed by atoms with van der Waals surface area (Å²) in [5.41, 5.74) is 1.66. The van der Waals surface area contributed by atoms with Crippen LogP contribution in [-0.4, -0.2) is 15.2 Å². The minimum Gasteiger partial charge on any atom is -0.416 e. The summed E-state index contributed by atoms with van der Waals surface area (Å²) in [4.78, 5) is 4.07. The number of rotatable bonds is 2. The number of nitrogens with zero attached hydrogens (tertiary/aromatic N) is 3. The normalized spacial score (nSPS) is 10.6. The first-order chi connectivity index (χ1) is 9.22. The standard InChI is InChI=1S/C13H7Br2N3O/c14-10-3-1-8(2-4-10)12-17-18-13(19-12)9-5-11(15)7-16-6-9/h1-7H. The van der Waals surface area contributed by atoms with Gasteiger partial charge in [0.05, 0.1) is 5.56 Å². The van der Waals surface area contributed by atoms with E-state index in [1.54, 1.807) is 12.4 Å². The third kappa shape index (κ3) is 2.74. The Kier molecular flexibility index (Phi) is 3.44. The molecule has 0 saturated carbocycles. The van der Waals surface area contributed by atoms with Crippen LogP contribution in [0.15, 0.2) is 56.1 Å². The molecule has 0 aliphatic carbocycles. The van der Waals surface area contributed by atoms with Crippen molar-refractivity contribution in [3.8, 4) is 22.9 Å².